The van der Waals surface area contributed by atoms with Crippen LogP contribution in [0.3, 0.4) is 0 Å². The molecular formula is C10H14N2O. The van der Waals surface area contributed by atoms with Gasteiger partial charge in [-0.1, -0.05) is 6.07 Å². The Morgan fingerprint density at radius 3 is 2.85 bits per heavy atom. The molecule has 2 heterocycles. The van der Waals surface area contributed by atoms with Crippen LogP contribution in [0, 0.1) is 5.41 Å². The third-order valence-corrected chi connectivity index (χ3v) is 2.55. The lowest BCUT2D eigenvalue weighted by molar-refractivity contribution is -0.106. The largest absolute Gasteiger partial charge is 0.380 e. The summed E-state index contributed by atoms with van der Waals surface area (Å²) in [6.45, 7) is 2.28. The second kappa shape index (κ2) is 3.44. The fourth-order valence-electron chi connectivity index (χ4n) is 1.62. The van der Waals surface area contributed by atoms with Crippen molar-refractivity contribution in [1.82, 2.24) is 4.98 Å². The van der Waals surface area contributed by atoms with Crippen molar-refractivity contribution in [1.29, 1.82) is 0 Å². The Balaban J connectivity index is 2.05. The van der Waals surface area contributed by atoms with Crippen LogP contribution >= 0.6 is 0 Å². The van der Waals surface area contributed by atoms with Gasteiger partial charge < -0.3 is 10.5 Å². The van der Waals surface area contributed by atoms with Crippen molar-refractivity contribution in [3.8, 4) is 0 Å². The van der Waals surface area contributed by atoms with E-state index in [0.717, 1.165) is 19.6 Å². The lowest BCUT2D eigenvalue weighted by atomic mass is 9.80. The Kier molecular flexibility index (Phi) is 2.29. The summed E-state index contributed by atoms with van der Waals surface area (Å²) in [5, 5.41) is 0. The van der Waals surface area contributed by atoms with Crippen molar-refractivity contribution in [3.63, 3.8) is 0 Å². The van der Waals surface area contributed by atoms with E-state index in [1.165, 1.54) is 5.56 Å². The first kappa shape index (κ1) is 8.66. The van der Waals surface area contributed by atoms with E-state index in [1.807, 2.05) is 12.3 Å². The molecule has 0 spiro atoms. The van der Waals surface area contributed by atoms with Gasteiger partial charge in [-0.3, -0.25) is 4.98 Å². The number of hydrogen-bond acceptors (Lipinski definition) is 3. The van der Waals surface area contributed by atoms with Crippen LogP contribution in [0.25, 0.3) is 0 Å². The minimum absolute atomic E-state index is 0.184. The maximum absolute atomic E-state index is 5.72. The standard InChI is InChI=1S/C10H14N2O/c11-6-10(7-13-8-10)4-9-2-1-3-12-5-9/h1-3,5H,4,6-8,11H2. The fourth-order valence-corrected chi connectivity index (χ4v) is 1.62. The monoisotopic (exact) mass is 178 g/mol. The molecule has 2 N–H and O–H groups in total. The minimum Gasteiger partial charge on any atom is -0.380 e. The van der Waals surface area contributed by atoms with Gasteiger partial charge in [0.1, 0.15) is 0 Å². The molecule has 70 valence electrons. The van der Waals surface area contributed by atoms with E-state index < -0.39 is 0 Å². The molecule has 3 nitrogen and oxygen atoms in total. The van der Waals surface area contributed by atoms with Gasteiger partial charge in [-0.25, -0.2) is 0 Å². The van der Waals surface area contributed by atoms with Crippen LogP contribution in [0.1, 0.15) is 5.56 Å². The van der Waals surface area contributed by atoms with Gasteiger partial charge in [-0.15, -0.1) is 0 Å². The summed E-state index contributed by atoms with van der Waals surface area (Å²) in [5.41, 5.74) is 7.15. The predicted octanol–water partition coefficient (Wildman–Crippen LogP) is 0.599. The molecule has 0 saturated carbocycles. The molecule has 3 heteroatoms. The first-order valence-corrected chi connectivity index (χ1v) is 4.51. The van der Waals surface area contributed by atoms with Crippen LogP contribution in [0.2, 0.25) is 0 Å². The third kappa shape index (κ3) is 1.71. The Bertz CT molecular complexity index is 264. The van der Waals surface area contributed by atoms with Crippen molar-refractivity contribution in [2.75, 3.05) is 19.8 Å². The summed E-state index contributed by atoms with van der Waals surface area (Å²) in [6, 6.07) is 4.04. The highest BCUT2D eigenvalue weighted by Crippen LogP contribution is 2.29. The number of ether oxygens (including phenoxy) is 1. The quantitative estimate of drug-likeness (QED) is 0.737. The molecule has 0 radical (unpaired) electrons. The van der Waals surface area contributed by atoms with Crippen LogP contribution < -0.4 is 5.73 Å². The smallest absolute Gasteiger partial charge is 0.0560 e. The molecule has 1 saturated heterocycles. The summed E-state index contributed by atoms with van der Waals surface area (Å²) in [4.78, 5) is 4.08. The number of pyridine rings is 1. The zero-order chi connectivity index (χ0) is 9.15. The Labute approximate surface area is 77.9 Å². The molecule has 0 bridgehead atoms. The van der Waals surface area contributed by atoms with E-state index in [-0.39, 0.29) is 5.41 Å². The number of hydrogen-bond donors (Lipinski definition) is 1. The molecule has 1 aromatic heterocycles. The molecule has 13 heavy (non-hydrogen) atoms. The van der Waals surface area contributed by atoms with E-state index in [9.17, 15) is 0 Å². The van der Waals surface area contributed by atoms with Gasteiger partial charge in [-0.2, -0.15) is 0 Å². The van der Waals surface area contributed by atoms with Crippen molar-refractivity contribution < 1.29 is 4.74 Å². The SMILES string of the molecule is NCC1(Cc2cccnc2)COC1. The van der Waals surface area contributed by atoms with Gasteiger partial charge in [0.15, 0.2) is 0 Å². The van der Waals surface area contributed by atoms with E-state index >= 15 is 0 Å². The van der Waals surface area contributed by atoms with E-state index in [0.29, 0.717) is 6.54 Å². The molecule has 1 aliphatic heterocycles. The molecule has 2 rings (SSSR count). The number of aromatic nitrogens is 1. The maximum atomic E-state index is 5.72. The van der Waals surface area contributed by atoms with Crippen molar-refractivity contribution in [2.45, 2.75) is 6.42 Å². The highest BCUT2D eigenvalue weighted by Gasteiger charge is 2.37. The third-order valence-electron chi connectivity index (χ3n) is 2.55. The maximum Gasteiger partial charge on any atom is 0.0560 e. The zero-order valence-electron chi connectivity index (χ0n) is 7.57. The summed E-state index contributed by atoms with van der Waals surface area (Å²) in [5.74, 6) is 0. The first-order chi connectivity index (χ1) is 6.35. The Hall–Kier alpha value is -0.930. The van der Waals surface area contributed by atoms with Crippen LogP contribution in [0.4, 0.5) is 0 Å². The van der Waals surface area contributed by atoms with Gasteiger partial charge >= 0.3 is 0 Å². The molecule has 0 aliphatic carbocycles. The molecule has 1 fully saturated rings. The lowest BCUT2D eigenvalue weighted by Gasteiger charge is -2.40. The number of rotatable bonds is 3. The summed E-state index contributed by atoms with van der Waals surface area (Å²) in [7, 11) is 0. The van der Waals surface area contributed by atoms with E-state index in [1.54, 1.807) is 6.20 Å². The zero-order valence-corrected chi connectivity index (χ0v) is 7.57. The second-order valence-electron chi connectivity index (χ2n) is 3.73. The van der Waals surface area contributed by atoms with E-state index in [2.05, 4.69) is 11.1 Å². The highest BCUT2D eigenvalue weighted by atomic mass is 16.5. The first-order valence-electron chi connectivity index (χ1n) is 4.51. The normalized spacial score (nSPS) is 19.5. The minimum atomic E-state index is 0.184. The van der Waals surface area contributed by atoms with Crippen LogP contribution in [0.5, 0.6) is 0 Å². The lowest BCUT2D eigenvalue weighted by Crippen LogP contribution is -2.49. The fraction of sp³-hybridized carbons (Fsp3) is 0.500. The van der Waals surface area contributed by atoms with Crippen LogP contribution in [0.15, 0.2) is 24.5 Å². The average Bonchev–Trinajstić information content (AvgIpc) is 2.13. The average molecular weight is 178 g/mol. The van der Waals surface area contributed by atoms with Gasteiger partial charge in [0.05, 0.1) is 13.2 Å². The summed E-state index contributed by atoms with van der Waals surface area (Å²) >= 11 is 0. The molecule has 1 aromatic rings. The van der Waals surface area contributed by atoms with Crippen LogP contribution in [-0.2, 0) is 11.2 Å². The molecule has 0 amide bonds. The summed E-state index contributed by atoms with van der Waals surface area (Å²) < 4.78 is 5.20. The molecule has 0 unspecified atom stereocenters. The van der Waals surface area contributed by atoms with Gasteiger partial charge in [0, 0.05) is 24.4 Å². The molecule has 1 aliphatic rings. The molecular weight excluding hydrogens is 164 g/mol. The van der Waals surface area contributed by atoms with Crippen LogP contribution in [-0.4, -0.2) is 24.7 Å². The second-order valence-corrected chi connectivity index (χ2v) is 3.73. The Morgan fingerprint density at radius 1 is 1.54 bits per heavy atom. The van der Waals surface area contributed by atoms with Gasteiger partial charge in [0.2, 0.25) is 0 Å². The molecule has 0 atom stereocenters. The van der Waals surface area contributed by atoms with Crippen molar-refractivity contribution in [3.05, 3.63) is 30.1 Å². The number of nitrogens with two attached hydrogens (primary N) is 1. The number of nitrogens with zero attached hydrogens (tertiary/aromatic N) is 1. The molecule has 0 aromatic carbocycles. The predicted molar refractivity (Wildman–Crippen MR) is 50.2 cm³/mol. The van der Waals surface area contributed by atoms with Crippen molar-refractivity contribution >= 4 is 0 Å². The highest BCUT2D eigenvalue weighted by molar-refractivity contribution is 5.12. The van der Waals surface area contributed by atoms with Crippen molar-refractivity contribution in [2.24, 2.45) is 11.1 Å². The van der Waals surface area contributed by atoms with E-state index in [4.69, 9.17) is 10.5 Å². The van der Waals surface area contributed by atoms with Gasteiger partial charge in [0.25, 0.3) is 0 Å². The van der Waals surface area contributed by atoms with Gasteiger partial charge in [-0.05, 0) is 18.1 Å². The Morgan fingerprint density at radius 2 is 2.38 bits per heavy atom. The topological polar surface area (TPSA) is 48.1 Å². The summed E-state index contributed by atoms with van der Waals surface area (Å²) in [6.07, 6.45) is 4.67.